The normalized spacial score (nSPS) is 20.1. The van der Waals surface area contributed by atoms with E-state index >= 15 is 0 Å². The number of unbranched alkanes of at least 4 members (excludes halogenated alkanes) is 1. The van der Waals surface area contributed by atoms with Crippen LogP contribution in [0.25, 0.3) is 0 Å². The van der Waals surface area contributed by atoms with E-state index in [-0.39, 0.29) is 18.4 Å². The van der Waals surface area contributed by atoms with Crippen LogP contribution in [0.4, 0.5) is 0 Å². The van der Waals surface area contributed by atoms with Gasteiger partial charge in [0.15, 0.2) is 0 Å². The number of rotatable bonds is 5. The predicted molar refractivity (Wildman–Crippen MR) is 65.0 cm³/mol. The molecule has 0 spiro atoms. The molecule has 1 rings (SSSR count). The van der Waals surface area contributed by atoms with Gasteiger partial charge in [-0.2, -0.15) is 0 Å². The van der Waals surface area contributed by atoms with Crippen LogP contribution in [0, 0.1) is 0 Å². The van der Waals surface area contributed by atoms with Crippen molar-refractivity contribution in [3.8, 4) is 0 Å². The van der Waals surface area contributed by atoms with Gasteiger partial charge in [-0.1, -0.05) is 0 Å². The third-order valence-electron chi connectivity index (χ3n) is 2.77. The first-order valence-corrected chi connectivity index (χ1v) is 6.39. The Bertz CT molecular complexity index is 273. The third-order valence-corrected chi connectivity index (χ3v) is 3.04. The molecule has 17 heavy (non-hydrogen) atoms. The number of hydrogen-bond acceptors (Lipinski definition) is 3. The van der Waals surface area contributed by atoms with E-state index in [1.165, 1.54) is 0 Å². The molecule has 0 aromatic carbocycles. The van der Waals surface area contributed by atoms with Crippen LogP contribution in [0.15, 0.2) is 0 Å². The van der Waals surface area contributed by atoms with Crippen molar-refractivity contribution in [3.05, 3.63) is 0 Å². The van der Waals surface area contributed by atoms with E-state index in [1.807, 2.05) is 0 Å². The van der Waals surface area contributed by atoms with Crippen molar-refractivity contribution < 1.29 is 14.3 Å². The van der Waals surface area contributed by atoms with Crippen LogP contribution in [0.1, 0.15) is 19.3 Å². The number of halogens is 1. The summed E-state index contributed by atoms with van der Waals surface area (Å²) in [6.07, 6.45) is 2.03. The van der Waals surface area contributed by atoms with E-state index in [0.29, 0.717) is 25.5 Å². The number of nitrogens with zero attached hydrogens (tertiary/aromatic N) is 1. The van der Waals surface area contributed by atoms with Crippen molar-refractivity contribution in [1.82, 2.24) is 10.2 Å². The van der Waals surface area contributed by atoms with E-state index in [2.05, 4.69) is 5.32 Å². The first kappa shape index (κ1) is 14.3. The molecule has 0 saturated carbocycles. The zero-order valence-electron chi connectivity index (χ0n) is 10.1. The third kappa shape index (κ3) is 4.16. The molecule has 6 heteroatoms. The molecule has 0 aliphatic carbocycles. The smallest absolute Gasteiger partial charge is 0.244 e. The molecule has 1 saturated heterocycles. The van der Waals surface area contributed by atoms with Crippen LogP contribution in [0.3, 0.4) is 0 Å². The second-order valence-corrected chi connectivity index (χ2v) is 4.32. The minimum atomic E-state index is -0.489. The molecule has 1 heterocycles. The zero-order chi connectivity index (χ0) is 12.7. The Morgan fingerprint density at radius 1 is 1.47 bits per heavy atom. The van der Waals surface area contributed by atoms with E-state index < -0.39 is 6.04 Å². The Balaban J connectivity index is 2.52. The molecule has 98 valence electrons. The number of hydrogen-bond donors (Lipinski definition) is 1. The topological polar surface area (TPSA) is 58.6 Å². The molecule has 0 radical (unpaired) electrons. The molecule has 5 nitrogen and oxygen atoms in total. The number of nitrogens with one attached hydrogen (secondary N) is 1. The molecule has 1 unspecified atom stereocenters. The first-order chi connectivity index (χ1) is 8.20. The van der Waals surface area contributed by atoms with Crippen LogP contribution in [-0.2, 0) is 14.3 Å². The summed E-state index contributed by atoms with van der Waals surface area (Å²) < 4.78 is 5.24. The number of carbonyl (C=O) groups is 2. The number of alkyl halides is 1. The Morgan fingerprint density at radius 3 is 2.88 bits per heavy atom. The van der Waals surface area contributed by atoms with Gasteiger partial charge >= 0.3 is 0 Å². The average Bonchev–Trinajstić information content (AvgIpc) is 2.38. The van der Waals surface area contributed by atoms with Gasteiger partial charge in [0.1, 0.15) is 6.04 Å². The summed E-state index contributed by atoms with van der Waals surface area (Å²) in [4.78, 5) is 25.2. The fraction of sp³-hybridized carbons (Fsp3) is 0.818. The van der Waals surface area contributed by atoms with Crippen molar-refractivity contribution in [3.63, 3.8) is 0 Å². The summed E-state index contributed by atoms with van der Waals surface area (Å²) in [5.74, 6) is 0.400. The van der Waals surface area contributed by atoms with Crippen LogP contribution < -0.4 is 5.32 Å². The summed E-state index contributed by atoms with van der Waals surface area (Å²) in [5, 5.41) is 2.55. The first-order valence-electron chi connectivity index (χ1n) is 5.85. The highest BCUT2D eigenvalue weighted by molar-refractivity contribution is 6.17. The minimum Gasteiger partial charge on any atom is -0.377 e. The molecule has 0 aromatic rings. The van der Waals surface area contributed by atoms with Crippen LogP contribution in [0.5, 0.6) is 0 Å². The Morgan fingerprint density at radius 2 is 2.24 bits per heavy atom. The van der Waals surface area contributed by atoms with Gasteiger partial charge < -0.3 is 15.0 Å². The Hall–Kier alpha value is -0.810. The zero-order valence-corrected chi connectivity index (χ0v) is 10.8. The van der Waals surface area contributed by atoms with Crippen molar-refractivity contribution in [2.24, 2.45) is 0 Å². The highest BCUT2D eigenvalue weighted by atomic mass is 35.5. The van der Waals surface area contributed by atoms with Crippen LogP contribution in [0.2, 0.25) is 0 Å². The van der Waals surface area contributed by atoms with Crippen molar-refractivity contribution in [2.75, 3.05) is 32.7 Å². The number of amides is 2. The average molecular weight is 263 g/mol. The van der Waals surface area contributed by atoms with E-state index in [1.54, 1.807) is 11.9 Å². The van der Waals surface area contributed by atoms with Gasteiger partial charge in [-0.3, -0.25) is 9.59 Å². The molecular formula is C11H19ClN2O3. The van der Waals surface area contributed by atoms with Gasteiger partial charge in [0.05, 0.1) is 13.2 Å². The predicted octanol–water partition coefficient (Wildman–Crippen LogP) is 0.369. The molecule has 2 amide bonds. The largest absolute Gasteiger partial charge is 0.377 e. The molecule has 1 N–H and O–H groups in total. The molecule has 1 atom stereocenters. The fourth-order valence-corrected chi connectivity index (χ4v) is 1.99. The number of ether oxygens (including phenoxy) is 1. The quantitative estimate of drug-likeness (QED) is 0.575. The highest BCUT2D eigenvalue weighted by Gasteiger charge is 2.31. The summed E-state index contributed by atoms with van der Waals surface area (Å²) in [6.45, 7) is 1.26. The lowest BCUT2D eigenvalue weighted by Gasteiger charge is -2.34. The number of morpholine rings is 1. The number of likely N-dealkylation sites (N-methyl/N-ethyl adjacent to an activating group) is 1. The molecule has 1 fully saturated rings. The standard InChI is InChI=1S/C11H19ClN2O3/c1-13-11(16)9-8-17-7-6-14(9)10(15)4-2-3-5-12/h9H,2-8H2,1H3,(H,13,16). The maximum Gasteiger partial charge on any atom is 0.244 e. The van der Waals surface area contributed by atoms with Gasteiger partial charge in [0.2, 0.25) is 11.8 Å². The SMILES string of the molecule is CNC(=O)C1COCCN1C(=O)CCCCCl. The monoisotopic (exact) mass is 262 g/mol. The van der Waals surface area contributed by atoms with Crippen molar-refractivity contribution in [1.29, 1.82) is 0 Å². The lowest BCUT2D eigenvalue weighted by atomic mass is 10.1. The lowest BCUT2D eigenvalue weighted by Crippen LogP contribution is -2.55. The maximum absolute atomic E-state index is 12.0. The molecule has 1 aliphatic rings. The summed E-state index contributed by atoms with van der Waals surface area (Å²) in [5.41, 5.74) is 0. The van der Waals surface area contributed by atoms with Crippen LogP contribution in [-0.4, -0.2) is 55.4 Å². The Labute approximate surface area is 106 Å². The summed E-state index contributed by atoms with van der Waals surface area (Å²) >= 11 is 5.56. The Kier molecular flexibility index (Phi) is 6.29. The van der Waals surface area contributed by atoms with Crippen molar-refractivity contribution in [2.45, 2.75) is 25.3 Å². The minimum absolute atomic E-state index is 0.00650. The van der Waals surface area contributed by atoms with E-state index in [0.717, 1.165) is 12.8 Å². The molecule has 1 aliphatic heterocycles. The second-order valence-electron chi connectivity index (χ2n) is 3.94. The summed E-state index contributed by atoms with van der Waals surface area (Å²) in [7, 11) is 1.56. The lowest BCUT2D eigenvalue weighted by molar-refractivity contribution is -0.148. The molecular weight excluding hydrogens is 244 g/mol. The second kappa shape index (κ2) is 7.50. The van der Waals surface area contributed by atoms with Gasteiger partial charge in [-0.05, 0) is 12.8 Å². The molecule has 0 aromatic heterocycles. The highest BCUT2D eigenvalue weighted by Crippen LogP contribution is 2.11. The number of carbonyl (C=O) groups excluding carboxylic acids is 2. The van der Waals surface area contributed by atoms with Gasteiger partial charge in [0, 0.05) is 25.9 Å². The van der Waals surface area contributed by atoms with Gasteiger partial charge in [0.25, 0.3) is 0 Å². The maximum atomic E-state index is 12.0. The van der Waals surface area contributed by atoms with Crippen molar-refractivity contribution >= 4 is 23.4 Å². The fourth-order valence-electron chi connectivity index (χ4n) is 1.80. The molecule has 0 bridgehead atoms. The van der Waals surface area contributed by atoms with Gasteiger partial charge in [-0.25, -0.2) is 0 Å². The van der Waals surface area contributed by atoms with E-state index in [4.69, 9.17) is 16.3 Å². The summed E-state index contributed by atoms with van der Waals surface area (Å²) in [6, 6.07) is -0.489. The van der Waals surface area contributed by atoms with Gasteiger partial charge in [-0.15, -0.1) is 11.6 Å². The van der Waals surface area contributed by atoms with Crippen LogP contribution >= 0.6 is 11.6 Å². The van der Waals surface area contributed by atoms with E-state index in [9.17, 15) is 9.59 Å².